The summed E-state index contributed by atoms with van der Waals surface area (Å²) in [6.45, 7) is 1.62. The van der Waals surface area contributed by atoms with Gasteiger partial charge in [0.25, 0.3) is 5.91 Å². The Morgan fingerprint density at radius 1 is 1.13 bits per heavy atom. The largest absolute Gasteiger partial charge is 0.449 e. The van der Waals surface area contributed by atoms with Crippen molar-refractivity contribution in [2.45, 2.75) is 23.3 Å². The summed E-state index contributed by atoms with van der Waals surface area (Å²) < 4.78 is 44.8. The number of halogens is 1. The molecule has 0 radical (unpaired) electrons. The van der Waals surface area contributed by atoms with Crippen molar-refractivity contribution in [2.75, 3.05) is 0 Å². The molecular weight excluding hydrogens is 407 g/mol. The van der Waals surface area contributed by atoms with Gasteiger partial charge in [0.05, 0.1) is 16.0 Å². The highest BCUT2D eigenvalue weighted by atomic mass is 32.2. The number of hydrogen-bond acceptors (Lipinski definition) is 5. The van der Waals surface area contributed by atoms with E-state index in [-0.39, 0.29) is 27.7 Å². The molecule has 1 amide bonds. The summed E-state index contributed by atoms with van der Waals surface area (Å²) >= 11 is 0. The lowest BCUT2D eigenvalue weighted by atomic mass is 10.2. The Kier molecular flexibility index (Phi) is 5.09. The quantitative estimate of drug-likeness (QED) is 0.522. The van der Waals surface area contributed by atoms with Crippen LogP contribution in [0.4, 0.5) is 4.39 Å². The van der Waals surface area contributed by atoms with Crippen molar-refractivity contribution < 1.29 is 22.0 Å². The Hall–Kier alpha value is -3.52. The molecule has 152 valence electrons. The molecule has 0 atom stereocenters. The molecule has 2 aromatic carbocycles. The van der Waals surface area contributed by atoms with E-state index in [2.05, 4.69) is 10.3 Å². The Morgan fingerprint density at radius 2 is 1.90 bits per heavy atom. The van der Waals surface area contributed by atoms with E-state index in [9.17, 15) is 17.6 Å². The number of amides is 1. The van der Waals surface area contributed by atoms with Crippen LogP contribution >= 0.6 is 0 Å². The third-order valence-electron chi connectivity index (χ3n) is 4.74. The maximum absolute atomic E-state index is 13.8. The van der Waals surface area contributed by atoms with Crippen LogP contribution in [0.5, 0.6) is 0 Å². The standard InChI is InChI=1S/C22H17FN2O4S/c1-14-18(23)3-2-4-21(14)30(27,28)17-7-5-15(6-8-17)12-25-22(26)19-11-16-9-10-24-13-20(16)29-19/h2-11,13H,12H2,1H3,(H,25,26). The van der Waals surface area contributed by atoms with Gasteiger partial charge in [-0.1, -0.05) is 18.2 Å². The van der Waals surface area contributed by atoms with E-state index < -0.39 is 21.6 Å². The third kappa shape index (κ3) is 3.69. The number of nitrogens with zero attached hydrogens (tertiary/aromatic N) is 1. The fourth-order valence-electron chi connectivity index (χ4n) is 3.06. The van der Waals surface area contributed by atoms with Gasteiger partial charge in [0.2, 0.25) is 9.84 Å². The number of pyridine rings is 1. The number of sulfone groups is 1. The highest BCUT2D eigenvalue weighted by Gasteiger charge is 2.21. The molecule has 30 heavy (non-hydrogen) atoms. The molecule has 0 unspecified atom stereocenters. The molecule has 4 aromatic rings. The van der Waals surface area contributed by atoms with Crippen LogP contribution in [0.15, 0.2) is 81.2 Å². The molecule has 0 aliphatic carbocycles. The van der Waals surface area contributed by atoms with Crippen molar-refractivity contribution in [1.82, 2.24) is 10.3 Å². The van der Waals surface area contributed by atoms with Gasteiger partial charge in [0.1, 0.15) is 5.82 Å². The molecule has 0 aliphatic rings. The lowest BCUT2D eigenvalue weighted by molar-refractivity contribution is 0.0925. The first-order valence-corrected chi connectivity index (χ1v) is 10.6. The van der Waals surface area contributed by atoms with Gasteiger partial charge in [-0.3, -0.25) is 9.78 Å². The minimum absolute atomic E-state index is 0.0519. The summed E-state index contributed by atoms with van der Waals surface area (Å²) in [6, 6.07) is 13.4. The predicted molar refractivity (Wildman–Crippen MR) is 108 cm³/mol. The fraction of sp³-hybridized carbons (Fsp3) is 0.0909. The number of carbonyl (C=O) groups is 1. The Bertz CT molecular complexity index is 1310. The summed E-state index contributed by atoms with van der Waals surface area (Å²) in [5.74, 6) is -0.797. The van der Waals surface area contributed by atoms with E-state index in [1.54, 1.807) is 30.5 Å². The van der Waals surface area contributed by atoms with Crippen LogP contribution in [0.2, 0.25) is 0 Å². The van der Waals surface area contributed by atoms with Crippen LogP contribution in [0.3, 0.4) is 0 Å². The molecule has 2 aromatic heterocycles. The van der Waals surface area contributed by atoms with Gasteiger partial charge in [-0.25, -0.2) is 12.8 Å². The highest BCUT2D eigenvalue weighted by Crippen LogP contribution is 2.25. The smallest absolute Gasteiger partial charge is 0.287 e. The Labute approximate surface area is 172 Å². The number of hydrogen-bond donors (Lipinski definition) is 1. The lowest BCUT2D eigenvalue weighted by Gasteiger charge is -2.09. The fourth-order valence-corrected chi connectivity index (χ4v) is 4.56. The van der Waals surface area contributed by atoms with Gasteiger partial charge in [0.15, 0.2) is 11.3 Å². The van der Waals surface area contributed by atoms with Crippen molar-refractivity contribution in [3.63, 3.8) is 0 Å². The number of fused-ring (bicyclic) bond motifs is 1. The Balaban J connectivity index is 1.48. The zero-order valence-corrected chi connectivity index (χ0v) is 16.7. The normalized spacial score (nSPS) is 11.5. The molecule has 8 heteroatoms. The molecule has 0 saturated carbocycles. The molecule has 6 nitrogen and oxygen atoms in total. The van der Waals surface area contributed by atoms with Crippen molar-refractivity contribution in [3.05, 3.63) is 89.7 Å². The highest BCUT2D eigenvalue weighted by molar-refractivity contribution is 7.91. The number of furan rings is 1. The summed E-state index contributed by atoms with van der Waals surface area (Å²) in [5, 5.41) is 3.51. The molecule has 0 aliphatic heterocycles. The van der Waals surface area contributed by atoms with E-state index in [1.165, 1.54) is 43.5 Å². The molecule has 4 rings (SSSR count). The first-order valence-electron chi connectivity index (χ1n) is 9.07. The average Bonchev–Trinajstić information content (AvgIpc) is 3.18. The first kappa shape index (κ1) is 19.8. The zero-order valence-electron chi connectivity index (χ0n) is 15.9. The number of aromatic nitrogens is 1. The van der Waals surface area contributed by atoms with Gasteiger partial charge in [0, 0.05) is 23.7 Å². The van der Waals surface area contributed by atoms with E-state index in [1.807, 2.05) is 0 Å². The number of benzene rings is 2. The van der Waals surface area contributed by atoms with E-state index in [4.69, 9.17) is 4.42 Å². The van der Waals surface area contributed by atoms with Crippen LogP contribution in [0.1, 0.15) is 21.7 Å². The molecule has 0 bridgehead atoms. The predicted octanol–water partition coefficient (Wildman–Crippen LogP) is 4.04. The van der Waals surface area contributed by atoms with Crippen LogP contribution in [0.25, 0.3) is 11.0 Å². The van der Waals surface area contributed by atoms with Crippen LogP contribution < -0.4 is 5.32 Å². The van der Waals surface area contributed by atoms with Crippen molar-refractivity contribution in [1.29, 1.82) is 0 Å². The molecule has 0 fully saturated rings. The van der Waals surface area contributed by atoms with E-state index >= 15 is 0 Å². The second-order valence-corrected chi connectivity index (χ2v) is 8.64. The summed E-state index contributed by atoms with van der Waals surface area (Å²) in [5.41, 5.74) is 1.30. The number of carbonyl (C=O) groups excluding carboxylic acids is 1. The average molecular weight is 424 g/mol. The summed E-state index contributed by atoms with van der Waals surface area (Å²) in [7, 11) is -3.85. The maximum Gasteiger partial charge on any atom is 0.287 e. The van der Waals surface area contributed by atoms with Gasteiger partial charge >= 0.3 is 0 Å². The minimum Gasteiger partial charge on any atom is -0.449 e. The van der Waals surface area contributed by atoms with Gasteiger partial charge in [-0.05, 0) is 48.9 Å². The zero-order chi connectivity index (χ0) is 21.3. The number of nitrogens with one attached hydrogen (secondary N) is 1. The van der Waals surface area contributed by atoms with Crippen molar-refractivity contribution in [2.24, 2.45) is 0 Å². The Morgan fingerprint density at radius 3 is 2.63 bits per heavy atom. The first-order chi connectivity index (χ1) is 14.4. The SMILES string of the molecule is Cc1c(F)cccc1S(=O)(=O)c1ccc(CNC(=O)c2cc3ccncc3o2)cc1. The summed E-state index contributed by atoms with van der Waals surface area (Å²) in [4.78, 5) is 16.2. The van der Waals surface area contributed by atoms with Crippen molar-refractivity contribution >= 4 is 26.7 Å². The molecular formula is C22H17FN2O4S. The van der Waals surface area contributed by atoms with E-state index in [0.717, 1.165) is 5.39 Å². The monoisotopic (exact) mass is 424 g/mol. The second-order valence-electron chi connectivity index (χ2n) is 6.72. The lowest BCUT2D eigenvalue weighted by Crippen LogP contribution is -2.22. The van der Waals surface area contributed by atoms with Crippen LogP contribution in [-0.4, -0.2) is 19.3 Å². The van der Waals surface area contributed by atoms with Gasteiger partial charge in [-0.15, -0.1) is 0 Å². The van der Waals surface area contributed by atoms with Crippen LogP contribution in [0, 0.1) is 12.7 Å². The molecule has 0 saturated heterocycles. The molecule has 0 spiro atoms. The van der Waals surface area contributed by atoms with Gasteiger partial charge < -0.3 is 9.73 Å². The van der Waals surface area contributed by atoms with Crippen LogP contribution in [-0.2, 0) is 16.4 Å². The van der Waals surface area contributed by atoms with E-state index in [0.29, 0.717) is 11.1 Å². The van der Waals surface area contributed by atoms with Gasteiger partial charge in [-0.2, -0.15) is 0 Å². The van der Waals surface area contributed by atoms with Crippen molar-refractivity contribution in [3.8, 4) is 0 Å². The minimum atomic E-state index is -3.85. The number of rotatable bonds is 5. The maximum atomic E-state index is 13.8. The third-order valence-corrected chi connectivity index (χ3v) is 6.66. The molecule has 2 heterocycles. The molecule has 1 N–H and O–H groups in total. The summed E-state index contributed by atoms with van der Waals surface area (Å²) in [6.07, 6.45) is 3.14. The second kappa shape index (κ2) is 7.72. The topological polar surface area (TPSA) is 89.3 Å².